The summed E-state index contributed by atoms with van der Waals surface area (Å²) in [6.45, 7) is 0.678. The van der Waals surface area contributed by atoms with E-state index in [0.717, 1.165) is 11.4 Å². The van der Waals surface area contributed by atoms with Crippen LogP contribution in [0.4, 0.5) is 0 Å². The molecule has 1 aromatic heterocycles. The zero-order chi connectivity index (χ0) is 10.7. The Balaban J connectivity index is 2.33. The van der Waals surface area contributed by atoms with Crippen LogP contribution in [0, 0.1) is 0 Å². The Morgan fingerprint density at radius 2 is 1.93 bits per heavy atom. The molecule has 2 rings (SSSR count). The molecule has 0 fully saturated rings. The van der Waals surface area contributed by atoms with E-state index in [9.17, 15) is 0 Å². The van der Waals surface area contributed by atoms with Gasteiger partial charge >= 0.3 is 0 Å². The Kier molecular flexibility index (Phi) is 2.73. The maximum Gasteiger partial charge on any atom is 0.183 e. The van der Waals surface area contributed by atoms with Crippen LogP contribution in [0.25, 0.3) is 11.4 Å². The Morgan fingerprint density at radius 1 is 1.20 bits per heavy atom. The molecule has 0 saturated carbocycles. The van der Waals surface area contributed by atoms with Crippen molar-refractivity contribution in [2.24, 2.45) is 0 Å². The second kappa shape index (κ2) is 4.18. The lowest BCUT2D eigenvalue weighted by molar-refractivity contribution is 0.305. The van der Waals surface area contributed by atoms with E-state index in [0.29, 0.717) is 6.67 Å². The molecule has 1 heterocycles. The van der Waals surface area contributed by atoms with Gasteiger partial charge in [0.25, 0.3) is 0 Å². The molecule has 78 valence electrons. The molecule has 5 nitrogen and oxygen atoms in total. The Morgan fingerprint density at radius 3 is 2.60 bits per heavy atom. The van der Waals surface area contributed by atoms with Gasteiger partial charge in [0.05, 0.1) is 6.67 Å². The van der Waals surface area contributed by atoms with Crippen molar-refractivity contribution in [2.75, 3.05) is 14.1 Å². The zero-order valence-electron chi connectivity index (χ0n) is 8.83. The molecule has 0 radical (unpaired) electrons. The zero-order valence-corrected chi connectivity index (χ0v) is 8.83. The molecule has 0 N–H and O–H groups in total. The second-order valence-electron chi connectivity index (χ2n) is 3.59. The number of nitrogens with zero attached hydrogens (tertiary/aromatic N) is 5. The molecule has 0 amide bonds. The van der Waals surface area contributed by atoms with E-state index in [1.165, 1.54) is 0 Å². The molecule has 0 aliphatic heterocycles. The van der Waals surface area contributed by atoms with Gasteiger partial charge in [-0.15, -0.1) is 5.10 Å². The van der Waals surface area contributed by atoms with Crippen molar-refractivity contribution in [3.05, 3.63) is 30.3 Å². The van der Waals surface area contributed by atoms with E-state index in [1.807, 2.05) is 49.3 Å². The first-order valence-corrected chi connectivity index (χ1v) is 4.73. The van der Waals surface area contributed by atoms with Gasteiger partial charge < -0.3 is 0 Å². The first-order chi connectivity index (χ1) is 7.27. The van der Waals surface area contributed by atoms with Gasteiger partial charge in [-0.3, -0.25) is 4.90 Å². The van der Waals surface area contributed by atoms with E-state index in [1.54, 1.807) is 4.68 Å². The third-order valence-electron chi connectivity index (χ3n) is 1.98. The first-order valence-electron chi connectivity index (χ1n) is 4.73. The second-order valence-corrected chi connectivity index (χ2v) is 3.59. The lowest BCUT2D eigenvalue weighted by atomic mass is 10.2. The largest absolute Gasteiger partial charge is 0.290 e. The molecule has 0 aliphatic carbocycles. The van der Waals surface area contributed by atoms with Crippen LogP contribution in [0.1, 0.15) is 0 Å². The highest BCUT2D eigenvalue weighted by atomic mass is 15.6. The predicted molar refractivity (Wildman–Crippen MR) is 56.9 cm³/mol. The van der Waals surface area contributed by atoms with Gasteiger partial charge in [-0.1, -0.05) is 30.3 Å². The summed E-state index contributed by atoms with van der Waals surface area (Å²) in [5, 5.41) is 11.6. The highest BCUT2D eigenvalue weighted by Crippen LogP contribution is 2.14. The smallest absolute Gasteiger partial charge is 0.183 e. The Labute approximate surface area is 88.3 Å². The van der Waals surface area contributed by atoms with Gasteiger partial charge in [0.2, 0.25) is 0 Å². The van der Waals surface area contributed by atoms with Crippen molar-refractivity contribution in [3.63, 3.8) is 0 Å². The predicted octanol–water partition coefficient (Wildman–Crippen LogP) is 0.859. The van der Waals surface area contributed by atoms with E-state index in [-0.39, 0.29) is 0 Å². The lowest BCUT2D eigenvalue weighted by Crippen LogP contribution is -2.18. The van der Waals surface area contributed by atoms with Crippen LogP contribution in [-0.2, 0) is 6.67 Å². The molecule has 15 heavy (non-hydrogen) atoms. The van der Waals surface area contributed by atoms with Crippen LogP contribution in [0.3, 0.4) is 0 Å². The fraction of sp³-hybridized carbons (Fsp3) is 0.300. The lowest BCUT2D eigenvalue weighted by Gasteiger charge is -2.10. The van der Waals surface area contributed by atoms with E-state index in [4.69, 9.17) is 0 Å². The van der Waals surface area contributed by atoms with Crippen molar-refractivity contribution in [1.82, 2.24) is 25.1 Å². The molecule has 2 aromatic rings. The van der Waals surface area contributed by atoms with E-state index in [2.05, 4.69) is 15.5 Å². The molecule has 1 aromatic carbocycles. The molecular formula is C10H13N5. The molecular weight excluding hydrogens is 190 g/mol. The number of benzene rings is 1. The highest BCUT2D eigenvalue weighted by molar-refractivity contribution is 5.53. The number of tetrazole rings is 1. The number of hydrogen-bond acceptors (Lipinski definition) is 4. The molecule has 0 unspecified atom stereocenters. The molecule has 0 bridgehead atoms. The fourth-order valence-corrected chi connectivity index (χ4v) is 1.36. The monoisotopic (exact) mass is 203 g/mol. The van der Waals surface area contributed by atoms with Crippen LogP contribution in [0.2, 0.25) is 0 Å². The van der Waals surface area contributed by atoms with Crippen molar-refractivity contribution < 1.29 is 0 Å². The molecule has 0 spiro atoms. The Bertz CT molecular complexity index is 420. The summed E-state index contributed by atoms with van der Waals surface area (Å²) in [7, 11) is 3.97. The van der Waals surface area contributed by atoms with Crippen LogP contribution in [0.5, 0.6) is 0 Å². The van der Waals surface area contributed by atoms with Crippen LogP contribution in [-0.4, -0.2) is 39.2 Å². The minimum absolute atomic E-state index is 0.678. The van der Waals surface area contributed by atoms with Gasteiger partial charge in [0, 0.05) is 5.56 Å². The quantitative estimate of drug-likeness (QED) is 0.742. The number of aromatic nitrogens is 4. The standard InChI is InChI=1S/C10H13N5/c1-14(2)8-15-10(11-12-13-15)9-6-4-3-5-7-9/h3-7H,8H2,1-2H3. The van der Waals surface area contributed by atoms with E-state index < -0.39 is 0 Å². The summed E-state index contributed by atoms with van der Waals surface area (Å²) in [6.07, 6.45) is 0. The van der Waals surface area contributed by atoms with Crippen LogP contribution < -0.4 is 0 Å². The topological polar surface area (TPSA) is 46.8 Å². The minimum atomic E-state index is 0.678. The average Bonchev–Trinajstić information content (AvgIpc) is 2.66. The first kappa shape index (κ1) is 9.79. The number of hydrogen-bond donors (Lipinski definition) is 0. The normalized spacial score (nSPS) is 10.9. The summed E-state index contributed by atoms with van der Waals surface area (Å²) < 4.78 is 1.77. The third kappa shape index (κ3) is 2.19. The fourth-order valence-electron chi connectivity index (χ4n) is 1.36. The van der Waals surface area contributed by atoms with Crippen molar-refractivity contribution in [2.45, 2.75) is 6.67 Å². The van der Waals surface area contributed by atoms with Gasteiger partial charge in [-0.2, -0.15) is 0 Å². The molecule has 0 saturated heterocycles. The molecule has 5 heteroatoms. The van der Waals surface area contributed by atoms with Gasteiger partial charge in [0.15, 0.2) is 5.82 Å². The van der Waals surface area contributed by atoms with Crippen molar-refractivity contribution in [1.29, 1.82) is 0 Å². The summed E-state index contributed by atoms with van der Waals surface area (Å²) in [5.74, 6) is 0.796. The number of rotatable bonds is 3. The van der Waals surface area contributed by atoms with Crippen LogP contribution >= 0.6 is 0 Å². The minimum Gasteiger partial charge on any atom is -0.290 e. The van der Waals surface area contributed by atoms with E-state index >= 15 is 0 Å². The molecule has 0 atom stereocenters. The van der Waals surface area contributed by atoms with Crippen LogP contribution in [0.15, 0.2) is 30.3 Å². The maximum atomic E-state index is 4.01. The maximum absolute atomic E-state index is 4.01. The third-order valence-corrected chi connectivity index (χ3v) is 1.98. The highest BCUT2D eigenvalue weighted by Gasteiger charge is 2.07. The SMILES string of the molecule is CN(C)Cn1nnnc1-c1ccccc1. The summed E-state index contributed by atoms with van der Waals surface area (Å²) in [5.41, 5.74) is 1.03. The Hall–Kier alpha value is -1.75. The average molecular weight is 203 g/mol. The van der Waals surface area contributed by atoms with Gasteiger partial charge in [0.1, 0.15) is 0 Å². The summed E-state index contributed by atoms with van der Waals surface area (Å²) in [4.78, 5) is 2.02. The summed E-state index contributed by atoms with van der Waals surface area (Å²) in [6, 6.07) is 9.92. The van der Waals surface area contributed by atoms with Crippen molar-refractivity contribution >= 4 is 0 Å². The van der Waals surface area contributed by atoms with Crippen molar-refractivity contribution in [3.8, 4) is 11.4 Å². The molecule has 0 aliphatic rings. The van der Waals surface area contributed by atoms with Gasteiger partial charge in [-0.25, -0.2) is 4.68 Å². The summed E-state index contributed by atoms with van der Waals surface area (Å²) >= 11 is 0. The van der Waals surface area contributed by atoms with Gasteiger partial charge in [-0.05, 0) is 24.5 Å².